The summed E-state index contributed by atoms with van der Waals surface area (Å²) in [5.41, 5.74) is 7.69. The molecule has 0 unspecified atom stereocenters. The number of aromatic nitrogens is 1. The van der Waals surface area contributed by atoms with E-state index in [0.717, 1.165) is 6.42 Å². The molecule has 1 aromatic rings. The summed E-state index contributed by atoms with van der Waals surface area (Å²) in [5.74, 6) is 0. The van der Waals surface area contributed by atoms with Crippen LogP contribution in [0.1, 0.15) is 102 Å². The Bertz CT molecular complexity index is 466. The highest BCUT2D eigenvalue weighted by Gasteiger charge is 2.25. The number of rotatable bonds is 8. The summed E-state index contributed by atoms with van der Waals surface area (Å²) in [6, 6.07) is 0. The van der Waals surface area contributed by atoms with E-state index < -0.39 is 0 Å². The van der Waals surface area contributed by atoms with Gasteiger partial charge in [-0.05, 0) is 42.4 Å². The summed E-state index contributed by atoms with van der Waals surface area (Å²) >= 11 is 0. The smallest absolute Gasteiger partial charge is 0.0495 e. The summed E-state index contributed by atoms with van der Waals surface area (Å²) in [7, 11) is 0. The van der Waals surface area contributed by atoms with Gasteiger partial charge in [0.1, 0.15) is 0 Å². The average molecular weight is 304 g/mol. The van der Waals surface area contributed by atoms with Gasteiger partial charge >= 0.3 is 0 Å². The van der Waals surface area contributed by atoms with Crippen LogP contribution in [0.4, 0.5) is 0 Å². The van der Waals surface area contributed by atoms with Gasteiger partial charge in [0.25, 0.3) is 0 Å². The SMILES string of the molecule is CCCc1nc(C(C)(C)C)c(CCC)c(CCC)c1CCC. The van der Waals surface area contributed by atoms with Crippen LogP contribution in [0.15, 0.2) is 0 Å². The van der Waals surface area contributed by atoms with Crippen molar-refractivity contribution in [1.29, 1.82) is 0 Å². The molecule has 1 rings (SSSR count). The lowest BCUT2D eigenvalue weighted by Crippen LogP contribution is -2.21. The molecule has 0 fully saturated rings. The molecule has 0 aromatic carbocycles. The molecule has 0 N–H and O–H groups in total. The molecule has 0 saturated carbocycles. The van der Waals surface area contributed by atoms with Crippen LogP contribution < -0.4 is 0 Å². The van der Waals surface area contributed by atoms with Crippen molar-refractivity contribution >= 4 is 0 Å². The molecule has 1 heterocycles. The molecule has 126 valence electrons. The molecule has 1 heteroatoms. The lowest BCUT2D eigenvalue weighted by Gasteiger charge is -2.28. The van der Waals surface area contributed by atoms with Crippen LogP contribution in [0.2, 0.25) is 0 Å². The van der Waals surface area contributed by atoms with E-state index >= 15 is 0 Å². The van der Waals surface area contributed by atoms with Crippen molar-refractivity contribution in [3.05, 3.63) is 28.1 Å². The summed E-state index contributed by atoms with van der Waals surface area (Å²) in [4.78, 5) is 5.21. The molecule has 0 bridgehead atoms. The first-order valence-corrected chi connectivity index (χ1v) is 9.44. The van der Waals surface area contributed by atoms with Gasteiger partial charge in [-0.2, -0.15) is 0 Å². The molecule has 0 amide bonds. The molecule has 0 aliphatic heterocycles. The minimum atomic E-state index is 0.139. The fourth-order valence-electron chi connectivity index (χ4n) is 3.45. The van der Waals surface area contributed by atoms with Gasteiger partial charge in [-0.3, -0.25) is 4.98 Å². The molecule has 1 aromatic heterocycles. The summed E-state index contributed by atoms with van der Waals surface area (Å²) in [6.45, 7) is 16.1. The molecule has 0 aliphatic carbocycles. The molecule has 1 nitrogen and oxygen atoms in total. The molecule has 0 aliphatic rings. The van der Waals surface area contributed by atoms with Gasteiger partial charge in [-0.25, -0.2) is 0 Å². The fourth-order valence-corrected chi connectivity index (χ4v) is 3.45. The second-order valence-electron chi connectivity index (χ2n) is 7.59. The number of aryl methyl sites for hydroxylation is 1. The van der Waals surface area contributed by atoms with Gasteiger partial charge in [-0.1, -0.05) is 74.1 Å². The van der Waals surface area contributed by atoms with E-state index in [1.54, 1.807) is 16.7 Å². The normalized spacial score (nSPS) is 12.0. The lowest BCUT2D eigenvalue weighted by atomic mass is 9.81. The summed E-state index contributed by atoms with van der Waals surface area (Å²) in [6.07, 6.45) is 9.56. The van der Waals surface area contributed by atoms with E-state index in [-0.39, 0.29) is 5.41 Å². The van der Waals surface area contributed by atoms with Crippen LogP contribution in [-0.4, -0.2) is 4.98 Å². The van der Waals surface area contributed by atoms with Crippen LogP contribution in [0.5, 0.6) is 0 Å². The predicted octanol–water partition coefficient (Wildman–Crippen LogP) is 6.19. The number of hydrogen-bond donors (Lipinski definition) is 0. The fraction of sp³-hybridized carbons (Fsp3) is 0.762. The van der Waals surface area contributed by atoms with E-state index in [4.69, 9.17) is 4.98 Å². The number of hydrogen-bond acceptors (Lipinski definition) is 1. The second kappa shape index (κ2) is 8.70. The molecule has 0 spiro atoms. The van der Waals surface area contributed by atoms with Crippen molar-refractivity contribution in [2.24, 2.45) is 0 Å². The quantitative estimate of drug-likeness (QED) is 0.558. The van der Waals surface area contributed by atoms with Gasteiger partial charge in [0.2, 0.25) is 0 Å². The Morgan fingerprint density at radius 2 is 1.09 bits per heavy atom. The molecule has 22 heavy (non-hydrogen) atoms. The molecular weight excluding hydrogens is 266 g/mol. The number of pyridine rings is 1. The zero-order valence-corrected chi connectivity index (χ0v) is 16.1. The van der Waals surface area contributed by atoms with Gasteiger partial charge in [0.15, 0.2) is 0 Å². The maximum atomic E-state index is 5.21. The van der Waals surface area contributed by atoms with Gasteiger partial charge < -0.3 is 0 Å². The zero-order chi connectivity index (χ0) is 16.8. The molecule has 0 saturated heterocycles. The third-order valence-corrected chi connectivity index (χ3v) is 4.31. The van der Waals surface area contributed by atoms with Crippen LogP contribution in [-0.2, 0) is 31.1 Å². The highest BCUT2D eigenvalue weighted by atomic mass is 14.7. The maximum absolute atomic E-state index is 5.21. The highest BCUT2D eigenvalue weighted by Crippen LogP contribution is 2.32. The molecular formula is C21H37N. The Kier molecular flexibility index (Phi) is 7.59. The average Bonchev–Trinajstić information content (AvgIpc) is 2.44. The molecule has 0 atom stereocenters. The largest absolute Gasteiger partial charge is 0.257 e. The van der Waals surface area contributed by atoms with Gasteiger partial charge in [-0.15, -0.1) is 0 Å². The van der Waals surface area contributed by atoms with E-state index in [1.165, 1.54) is 56.3 Å². The Balaban J connectivity index is 3.63. The van der Waals surface area contributed by atoms with Crippen molar-refractivity contribution in [2.75, 3.05) is 0 Å². The monoisotopic (exact) mass is 303 g/mol. The van der Waals surface area contributed by atoms with Crippen LogP contribution in [0.3, 0.4) is 0 Å². The van der Waals surface area contributed by atoms with Crippen molar-refractivity contribution in [3.8, 4) is 0 Å². The Hall–Kier alpha value is -0.850. The Labute approximate surface area is 138 Å². The zero-order valence-electron chi connectivity index (χ0n) is 16.1. The standard InChI is InChI=1S/C21H37N/c1-8-12-16-17(13-9-2)19(15-11-4)22-20(21(5,6)7)18(16)14-10-3/h8-15H2,1-7H3. The van der Waals surface area contributed by atoms with Crippen LogP contribution in [0.25, 0.3) is 0 Å². The number of nitrogens with zero attached hydrogens (tertiary/aromatic N) is 1. The summed E-state index contributed by atoms with van der Waals surface area (Å²) in [5, 5.41) is 0. The first-order chi connectivity index (χ1) is 10.4. The lowest BCUT2D eigenvalue weighted by molar-refractivity contribution is 0.550. The van der Waals surface area contributed by atoms with Crippen molar-refractivity contribution in [1.82, 2.24) is 4.98 Å². The van der Waals surface area contributed by atoms with Crippen LogP contribution >= 0.6 is 0 Å². The third kappa shape index (κ3) is 4.57. The first-order valence-electron chi connectivity index (χ1n) is 9.44. The van der Waals surface area contributed by atoms with Crippen molar-refractivity contribution < 1.29 is 0 Å². The van der Waals surface area contributed by atoms with E-state index in [2.05, 4.69) is 48.5 Å². The van der Waals surface area contributed by atoms with Crippen LogP contribution in [0, 0.1) is 0 Å². The minimum absolute atomic E-state index is 0.139. The van der Waals surface area contributed by atoms with E-state index in [1.807, 2.05) is 0 Å². The highest BCUT2D eigenvalue weighted by molar-refractivity contribution is 5.43. The Morgan fingerprint density at radius 3 is 1.55 bits per heavy atom. The van der Waals surface area contributed by atoms with E-state index in [9.17, 15) is 0 Å². The molecule has 0 radical (unpaired) electrons. The first kappa shape index (κ1) is 19.2. The summed E-state index contributed by atoms with van der Waals surface area (Å²) < 4.78 is 0. The van der Waals surface area contributed by atoms with Crippen molar-refractivity contribution in [3.63, 3.8) is 0 Å². The third-order valence-electron chi connectivity index (χ3n) is 4.31. The second-order valence-corrected chi connectivity index (χ2v) is 7.59. The maximum Gasteiger partial charge on any atom is 0.0495 e. The van der Waals surface area contributed by atoms with Crippen molar-refractivity contribution in [2.45, 2.75) is 105 Å². The van der Waals surface area contributed by atoms with E-state index in [0.29, 0.717) is 0 Å². The topological polar surface area (TPSA) is 12.9 Å². The predicted molar refractivity (Wildman–Crippen MR) is 98.9 cm³/mol. The van der Waals surface area contributed by atoms with Gasteiger partial charge in [0, 0.05) is 16.8 Å². The minimum Gasteiger partial charge on any atom is -0.257 e. The van der Waals surface area contributed by atoms with Gasteiger partial charge in [0.05, 0.1) is 0 Å². The Morgan fingerprint density at radius 1 is 0.636 bits per heavy atom.